The number of hydrogen-bond acceptors (Lipinski definition) is 3. The summed E-state index contributed by atoms with van der Waals surface area (Å²) in [6.45, 7) is 4.85. The van der Waals surface area contributed by atoms with Gasteiger partial charge in [-0.1, -0.05) is 24.3 Å². The Morgan fingerprint density at radius 2 is 1.84 bits per heavy atom. The summed E-state index contributed by atoms with van der Waals surface area (Å²) < 4.78 is 41.3. The maximum Gasteiger partial charge on any atom is 0.240 e. The van der Waals surface area contributed by atoms with Crippen LogP contribution in [0.4, 0.5) is 10.1 Å². The van der Waals surface area contributed by atoms with E-state index in [-0.39, 0.29) is 29.6 Å². The maximum absolute atomic E-state index is 13.9. The third-order valence-electron chi connectivity index (χ3n) is 3.78. The van der Waals surface area contributed by atoms with Gasteiger partial charge in [-0.25, -0.2) is 17.5 Å². The number of benzene rings is 2. The lowest BCUT2D eigenvalue weighted by molar-refractivity contribution is -0.116. The van der Waals surface area contributed by atoms with Gasteiger partial charge in [0.25, 0.3) is 0 Å². The first-order valence-corrected chi connectivity index (χ1v) is 9.30. The van der Waals surface area contributed by atoms with Crippen LogP contribution in [-0.4, -0.2) is 27.4 Å². The second-order valence-corrected chi connectivity index (χ2v) is 7.52. The number of sulfonamides is 1. The summed E-state index contributed by atoms with van der Waals surface area (Å²) in [6.07, 6.45) is 0. The number of para-hydroxylation sites is 1. The average molecular weight is 364 g/mol. The lowest BCUT2D eigenvalue weighted by Gasteiger charge is -2.22. The number of anilines is 1. The number of halogens is 1. The molecule has 1 N–H and O–H groups in total. The Labute approximate surface area is 147 Å². The molecule has 0 aromatic heterocycles. The Morgan fingerprint density at radius 3 is 2.48 bits per heavy atom. The molecule has 0 aliphatic heterocycles. The van der Waals surface area contributed by atoms with Crippen molar-refractivity contribution in [1.82, 2.24) is 4.72 Å². The van der Waals surface area contributed by atoms with Gasteiger partial charge in [-0.2, -0.15) is 0 Å². The highest BCUT2D eigenvalue weighted by atomic mass is 32.2. The van der Waals surface area contributed by atoms with Crippen molar-refractivity contribution in [2.45, 2.75) is 25.7 Å². The molecule has 134 valence electrons. The van der Waals surface area contributed by atoms with Crippen molar-refractivity contribution < 1.29 is 17.6 Å². The summed E-state index contributed by atoms with van der Waals surface area (Å²) in [7, 11) is -3.71. The molecular weight excluding hydrogens is 343 g/mol. The van der Waals surface area contributed by atoms with E-state index < -0.39 is 15.8 Å². The Balaban J connectivity index is 2.13. The molecule has 0 atom stereocenters. The van der Waals surface area contributed by atoms with Crippen LogP contribution in [0, 0.1) is 19.7 Å². The van der Waals surface area contributed by atoms with Crippen molar-refractivity contribution in [2.24, 2.45) is 0 Å². The van der Waals surface area contributed by atoms with E-state index in [9.17, 15) is 17.6 Å². The molecule has 0 fully saturated rings. The van der Waals surface area contributed by atoms with Gasteiger partial charge in [-0.15, -0.1) is 0 Å². The van der Waals surface area contributed by atoms with E-state index in [4.69, 9.17) is 0 Å². The van der Waals surface area contributed by atoms with Crippen molar-refractivity contribution in [2.75, 3.05) is 18.0 Å². The van der Waals surface area contributed by atoms with Crippen LogP contribution in [0.5, 0.6) is 0 Å². The molecule has 25 heavy (non-hydrogen) atoms. The number of carbonyl (C=O) groups excluding carboxylic acids is 1. The van der Waals surface area contributed by atoms with Gasteiger partial charge in [0.2, 0.25) is 15.9 Å². The summed E-state index contributed by atoms with van der Waals surface area (Å²) in [5.41, 5.74) is 1.60. The van der Waals surface area contributed by atoms with Gasteiger partial charge in [0.05, 0.1) is 10.6 Å². The molecule has 7 heteroatoms. The summed E-state index contributed by atoms with van der Waals surface area (Å²) in [5, 5.41) is 0. The van der Waals surface area contributed by atoms with Gasteiger partial charge in [0.1, 0.15) is 5.82 Å². The largest absolute Gasteiger partial charge is 0.309 e. The second-order valence-electron chi connectivity index (χ2n) is 5.79. The highest BCUT2D eigenvalue weighted by Gasteiger charge is 2.19. The molecule has 0 bridgehead atoms. The van der Waals surface area contributed by atoms with E-state index in [1.54, 1.807) is 25.1 Å². The molecule has 0 spiro atoms. The van der Waals surface area contributed by atoms with E-state index in [2.05, 4.69) is 4.72 Å². The molecule has 5 nitrogen and oxygen atoms in total. The highest BCUT2D eigenvalue weighted by molar-refractivity contribution is 7.89. The normalized spacial score (nSPS) is 11.4. The van der Waals surface area contributed by atoms with Crippen LogP contribution in [-0.2, 0) is 14.8 Å². The van der Waals surface area contributed by atoms with Gasteiger partial charge in [0.15, 0.2) is 0 Å². The van der Waals surface area contributed by atoms with E-state index in [0.29, 0.717) is 5.56 Å². The SMILES string of the molecule is CC(=O)N(CCNS(=O)(=O)c1cc(C)ccc1C)c1ccccc1F. The molecule has 2 rings (SSSR count). The van der Waals surface area contributed by atoms with Crippen LogP contribution in [0.25, 0.3) is 0 Å². The topological polar surface area (TPSA) is 66.5 Å². The number of carbonyl (C=O) groups is 1. The molecule has 0 aliphatic carbocycles. The Morgan fingerprint density at radius 1 is 1.16 bits per heavy atom. The van der Waals surface area contributed by atoms with Crippen LogP contribution >= 0.6 is 0 Å². The molecule has 1 amide bonds. The lowest BCUT2D eigenvalue weighted by Crippen LogP contribution is -2.38. The molecule has 2 aromatic carbocycles. The van der Waals surface area contributed by atoms with Gasteiger partial charge >= 0.3 is 0 Å². The van der Waals surface area contributed by atoms with Gasteiger partial charge in [0, 0.05) is 20.0 Å². The van der Waals surface area contributed by atoms with Crippen molar-refractivity contribution in [1.29, 1.82) is 0 Å². The monoisotopic (exact) mass is 364 g/mol. The van der Waals surface area contributed by atoms with E-state index >= 15 is 0 Å². The maximum atomic E-state index is 13.9. The number of nitrogens with one attached hydrogen (secondary N) is 1. The molecular formula is C18H21FN2O3S. The summed E-state index contributed by atoms with van der Waals surface area (Å²) in [6, 6.07) is 11.1. The molecule has 0 aliphatic rings. The molecule has 0 saturated carbocycles. The molecule has 0 saturated heterocycles. The summed E-state index contributed by atoms with van der Waals surface area (Å²) in [5.74, 6) is -0.897. The van der Waals surface area contributed by atoms with Crippen LogP contribution in [0.15, 0.2) is 47.4 Å². The first kappa shape index (κ1) is 19.1. The van der Waals surface area contributed by atoms with E-state index in [0.717, 1.165) is 5.56 Å². The zero-order valence-electron chi connectivity index (χ0n) is 14.4. The predicted molar refractivity (Wildman–Crippen MR) is 95.5 cm³/mol. The number of hydrogen-bond donors (Lipinski definition) is 1. The predicted octanol–water partition coefficient (Wildman–Crippen LogP) is 2.77. The standard InChI is InChI=1S/C18H21FN2O3S/c1-13-8-9-14(2)18(12-13)25(23,24)20-10-11-21(15(3)22)17-7-5-4-6-16(17)19/h4-9,12,20H,10-11H2,1-3H3. The fraction of sp³-hybridized carbons (Fsp3) is 0.278. The van der Waals surface area contributed by atoms with Crippen LogP contribution in [0.2, 0.25) is 0 Å². The Kier molecular flexibility index (Phi) is 5.92. The summed E-state index contributed by atoms with van der Waals surface area (Å²) in [4.78, 5) is 13.2. The number of nitrogens with zero attached hydrogens (tertiary/aromatic N) is 1. The number of amides is 1. The van der Waals surface area contributed by atoms with Crippen LogP contribution in [0.3, 0.4) is 0 Å². The highest BCUT2D eigenvalue weighted by Crippen LogP contribution is 2.19. The quantitative estimate of drug-likeness (QED) is 0.857. The van der Waals surface area contributed by atoms with Crippen molar-refractivity contribution in [3.63, 3.8) is 0 Å². The fourth-order valence-corrected chi connectivity index (χ4v) is 3.83. The number of aryl methyl sites for hydroxylation is 2. The zero-order chi connectivity index (χ0) is 18.6. The van der Waals surface area contributed by atoms with Crippen molar-refractivity contribution >= 4 is 21.6 Å². The van der Waals surface area contributed by atoms with Crippen LogP contribution < -0.4 is 9.62 Å². The third-order valence-corrected chi connectivity index (χ3v) is 5.39. The lowest BCUT2D eigenvalue weighted by atomic mass is 10.2. The molecule has 0 unspecified atom stereocenters. The van der Waals surface area contributed by atoms with E-state index in [1.165, 1.54) is 30.0 Å². The van der Waals surface area contributed by atoms with Crippen LogP contribution in [0.1, 0.15) is 18.1 Å². The molecule has 2 aromatic rings. The molecule has 0 heterocycles. The average Bonchev–Trinajstić information content (AvgIpc) is 2.54. The Bertz CT molecular complexity index is 882. The third kappa shape index (κ3) is 4.64. The minimum Gasteiger partial charge on any atom is -0.309 e. The first-order chi connectivity index (χ1) is 11.7. The minimum atomic E-state index is -3.71. The van der Waals surface area contributed by atoms with Gasteiger partial charge < -0.3 is 4.90 Å². The Hall–Kier alpha value is -2.25. The first-order valence-electron chi connectivity index (χ1n) is 7.82. The smallest absolute Gasteiger partial charge is 0.240 e. The number of rotatable bonds is 6. The zero-order valence-corrected chi connectivity index (χ0v) is 15.2. The second kappa shape index (κ2) is 7.76. The molecule has 0 radical (unpaired) electrons. The fourth-order valence-electron chi connectivity index (χ4n) is 2.48. The van der Waals surface area contributed by atoms with Crippen molar-refractivity contribution in [3.8, 4) is 0 Å². The minimum absolute atomic E-state index is 0.0242. The van der Waals surface area contributed by atoms with Crippen molar-refractivity contribution in [3.05, 3.63) is 59.4 Å². The summed E-state index contributed by atoms with van der Waals surface area (Å²) >= 11 is 0. The van der Waals surface area contributed by atoms with E-state index in [1.807, 2.05) is 13.0 Å². The van der Waals surface area contributed by atoms with Gasteiger partial charge in [-0.05, 0) is 43.2 Å². The van der Waals surface area contributed by atoms with Gasteiger partial charge in [-0.3, -0.25) is 4.79 Å².